The fraction of sp³-hybridized carbons (Fsp3) is 0.562. The predicted molar refractivity (Wildman–Crippen MR) is 86.5 cm³/mol. The van der Waals surface area contributed by atoms with Crippen molar-refractivity contribution in [2.45, 2.75) is 51.0 Å². The first-order valence-corrected chi connectivity index (χ1v) is 8.51. The maximum atomic E-state index is 11.9. The molecule has 0 spiro atoms. The number of pyridine rings is 1. The van der Waals surface area contributed by atoms with Crippen LogP contribution in [-0.2, 0) is 9.53 Å². The first-order valence-electron chi connectivity index (χ1n) is 7.72. The Hall–Kier alpha value is -1.43. The number of amides is 1. The quantitative estimate of drug-likeness (QED) is 0.828. The van der Waals surface area contributed by atoms with Crippen LogP contribution in [0.25, 0.3) is 0 Å². The Kier molecular flexibility index (Phi) is 6.83. The number of esters is 1. The third-order valence-electron chi connectivity index (χ3n) is 3.75. The molecule has 1 saturated carbocycles. The number of ether oxygens (including phenoxy) is 1. The van der Waals surface area contributed by atoms with Crippen molar-refractivity contribution in [3.05, 3.63) is 28.5 Å². The monoisotopic (exact) mass is 368 g/mol. The van der Waals surface area contributed by atoms with Gasteiger partial charge in [-0.2, -0.15) is 0 Å². The predicted octanol–water partition coefficient (Wildman–Crippen LogP) is 3.23. The molecule has 1 heterocycles. The molecule has 0 atom stereocenters. The molecule has 5 nitrogen and oxygen atoms in total. The van der Waals surface area contributed by atoms with Crippen LogP contribution in [-0.4, -0.2) is 29.5 Å². The number of aromatic nitrogens is 1. The van der Waals surface area contributed by atoms with Gasteiger partial charge in [0.1, 0.15) is 0 Å². The number of rotatable bonds is 4. The lowest BCUT2D eigenvalue weighted by Crippen LogP contribution is -2.38. The van der Waals surface area contributed by atoms with Crippen LogP contribution in [0.1, 0.15) is 55.3 Å². The van der Waals surface area contributed by atoms with Gasteiger partial charge in [-0.3, -0.25) is 9.78 Å². The molecule has 0 aromatic carbocycles. The second-order valence-electron chi connectivity index (χ2n) is 5.58. The summed E-state index contributed by atoms with van der Waals surface area (Å²) in [4.78, 5) is 27.6. The highest BCUT2D eigenvalue weighted by Gasteiger charge is 2.16. The molecule has 1 N–H and O–H groups in total. The number of carbonyl (C=O) groups excluding carboxylic acids is 2. The van der Waals surface area contributed by atoms with E-state index in [1.807, 2.05) is 0 Å². The van der Waals surface area contributed by atoms with Crippen LogP contribution >= 0.6 is 15.9 Å². The van der Waals surface area contributed by atoms with E-state index in [0.717, 1.165) is 25.7 Å². The summed E-state index contributed by atoms with van der Waals surface area (Å²) in [7, 11) is 0. The summed E-state index contributed by atoms with van der Waals surface area (Å²) in [5.74, 6) is -0.775. The van der Waals surface area contributed by atoms with Crippen molar-refractivity contribution in [2.75, 3.05) is 6.61 Å². The zero-order valence-electron chi connectivity index (χ0n) is 12.5. The molecule has 120 valence electrons. The first-order chi connectivity index (χ1) is 10.6. The molecule has 0 radical (unpaired) electrons. The molecule has 0 saturated heterocycles. The summed E-state index contributed by atoms with van der Waals surface area (Å²) in [6, 6.07) is 1.82. The van der Waals surface area contributed by atoms with Crippen LogP contribution in [0.4, 0.5) is 0 Å². The highest BCUT2D eigenvalue weighted by atomic mass is 79.9. The fourth-order valence-corrected chi connectivity index (χ4v) is 2.97. The molecule has 1 aromatic heterocycles. The van der Waals surface area contributed by atoms with Crippen molar-refractivity contribution < 1.29 is 14.3 Å². The summed E-state index contributed by atoms with van der Waals surface area (Å²) in [6.45, 7) is -0.248. The molecule has 1 aliphatic carbocycles. The maximum Gasteiger partial charge on any atom is 0.340 e. The van der Waals surface area contributed by atoms with Crippen LogP contribution in [0.15, 0.2) is 22.9 Å². The van der Waals surface area contributed by atoms with Gasteiger partial charge in [0.15, 0.2) is 6.61 Å². The van der Waals surface area contributed by atoms with E-state index in [1.54, 1.807) is 12.3 Å². The van der Waals surface area contributed by atoms with Gasteiger partial charge in [-0.05, 0) is 34.8 Å². The standard InChI is InChI=1S/C16H21BrN2O3/c17-13-8-12(9-18-10-13)16(21)22-11-15(20)19-14-6-4-2-1-3-5-7-14/h8-10,14H,1-7,11H2,(H,19,20). The van der Waals surface area contributed by atoms with Crippen LogP contribution in [0.2, 0.25) is 0 Å². The lowest BCUT2D eigenvalue weighted by Gasteiger charge is -2.20. The summed E-state index contributed by atoms with van der Waals surface area (Å²) in [5, 5.41) is 2.96. The Morgan fingerprint density at radius 2 is 1.86 bits per heavy atom. The highest BCUT2D eigenvalue weighted by Crippen LogP contribution is 2.17. The Morgan fingerprint density at radius 1 is 1.18 bits per heavy atom. The molecule has 0 bridgehead atoms. The van der Waals surface area contributed by atoms with Gasteiger partial charge in [0.25, 0.3) is 5.91 Å². The van der Waals surface area contributed by atoms with E-state index >= 15 is 0 Å². The highest BCUT2D eigenvalue weighted by molar-refractivity contribution is 9.10. The maximum absolute atomic E-state index is 11.9. The van der Waals surface area contributed by atoms with Crippen molar-refractivity contribution in [1.29, 1.82) is 0 Å². The summed E-state index contributed by atoms with van der Waals surface area (Å²) >= 11 is 3.24. The van der Waals surface area contributed by atoms with Crippen molar-refractivity contribution >= 4 is 27.8 Å². The van der Waals surface area contributed by atoms with Gasteiger partial charge in [0.2, 0.25) is 0 Å². The van der Waals surface area contributed by atoms with Gasteiger partial charge in [-0.15, -0.1) is 0 Å². The first kappa shape index (κ1) is 16.9. The SMILES string of the molecule is O=C(COC(=O)c1cncc(Br)c1)NC1CCCCCCC1. The zero-order chi connectivity index (χ0) is 15.8. The number of nitrogens with one attached hydrogen (secondary N) is 1. The number of hydrogen-bond donors (Lipinski definition) is 1. The normalized spacial score (nSPS) is 16.4. The number of carbonyl (C=O) groups is 2. The molecule has 1 aromatic rings. The second kappa shape index (κ2) is 8.88. The lowest BCUT2D eigenvalue weighted by atomic mass is 9.97. The van der Waals surface area contributed by atoms with E-state index in [0.29, 0.717) is 10.0 Å². The molecular weight excluding hydrogens is 348 g/mol. The Balaban J connectivity index is 1.75. The molecule has 1 aliphatic rings. The molecule has 22 heavy (non-hydrogen) atoms. The zero-order valence-corrected chi connectivity index (χ0v) is 14.1. The van der Waals surface area contributed by atoms with Crippen LogP contribution in [0.5, 0.6) is 0 Å². The van der Waals surface area contributed by atoms with E-state index in [1.165, 1.54) is 25.5 Å². The van der Waals surface area contributed by atoms with Gasteiger partial charge in [0.05, 0.1) is 5.56 Å². The van der Waals surface area contributed by atoms with Gasteiger partial charge in [-0.25, -0.2) is 4.79 Å². The van der Waals surface area contributed by atoms with E-state index < -0.39 is 5.97 Å². The minimum absolute atomic E-state index is 0.207. The average molecular weight is 369 g/mol. The molecule has 0 unspecified atom stereocenters. The van der Waals surface area contributed by atoms with Crippen molar-refractivity contribution in [3.8, 4) is 0 Å². The molecular formula is C16H21BrN2O3. The fourth-order valence-electron chi connectivity index (χ4n) is 2.61. The summed E-state index contributed by atoms with van der Waals surface area (Å²) < 4.78 is 5.73. The summed E-state index contributed by atoms with van der Waals surface area (Å²) in [6.07, 6.45) is 11.1. The second-order valence-corrected chi connectivity index (χ2v) is 6.49. The van der Waals surface area contributed by atoms with Crippen LogP contribution in [0.3, 0.4) is 0 Å². The smallest absolute Gasteiger partial charge is 0.340 e. The topological polar surface area (TPSA) is 68.3 Å². The number of nitrogens with zero attached hydrogens (tertiary/aromatic N) is 1. The third-order valence-corrected chi connectivity index (χ3v) is 4.18. The Labute approximate surface area is 139 Å². The van der Waals surface area contributed by atoms with Crippen molar-refractivity contribution in [1.82, 2.24) is 10.3 Å². The van der Waals surface area contributed by atoms with E-state index in [2.05, 4.69) is 26.2 Å². The van der Waals surface area contributed by atoms with Crippen molar-refractivity contribution in [3.63, 3.8) is 0 Å². The summed E-state index contributed by atoms with van der Waals surface area (Å²) in [5.41, 5.74) is 0.327. The number of hydrogen-bond acceptors (Lipinski definition) is 4. The Morgan fingerprint density at radius 3 is 2.55 bits per heavy atom. The largest absolute Gasteiger partial charge is 0.452 e. The molecule has 1 amide bonds. The van der Waals surface area contributed by atoms with Gasteiger partial charge in [-0.1, -0.05) is 32.1 Å². The van der Waals surface area contributed by atoms with Crippen LogP contribution < -0.4 is 5.32 Å². The van der Waals surface area contributed by atoms with Gasteiger partial charge >= 0.3 is 5.97 Å². The third kappa shape index (κ3) is 5.75. The number of halogens is 1. The van der Waals surface area contributed by atoms with Gasteiger partial charge in [0, 0.05) is 22.9 Å². The van der Waals surface area contributed by atoms with Crippen molar-refractivity contribution in [2.24, 2.45) is 0 Å². The van der Waals surface area contributed by atoms with E-state index in [9.17, 15) is 9.59 Å². The molecule has 6 heteroatoms. The van der Waals surface area contributed by atoms with Gasteiger partial charge < -0.3 is 10.1 Å². The molecule has 0 aliphatic heterocycles. The molecule has 2 rings (SSSR count). The Bertz CT molecular complexity index is 514. The van der Waals surface area contributed by atoms with E-state index in [-0.39, 0.29) is 18.6 Å². The lowest BCUT2D eigenvalue weighted by molar-refractivity contribution is -0.125. The average Bonchev–Trinajstić information content (AvgIpc) is 2.47. The minimum Gasteiger partial charge on any atom is -0.452 e. The van der Waals surface area contributed by atoms with Crippen LogP contribution in [0, 0.1) is 0 Å². The minimum atomic E-state index is -0.540. The van der Waals surface area contributed by atoms with E-state index in [4.69, 9.17) is 4.74 Å². The molecule has 1 fully saturated rings.